The molecular formula is C20H17N5O3S2. The van der Waals surface area contributed by atoms with E-state index in [0.29, 0.717) is 47.2 Å². The summed E-state index contributed by atoms with van der Waals surface area (Å²) in [5.74, 6) is -0.688. The first kappa shape index (κ1) is 20.0. The minimum absolute atomic E-state index is 0.304. The number of carboxylic acid groups (broad SMARTS) is 1. The molecule has 2 N–H and O–H groups in total. The van der Waals surface area contributed by atoms with Crippen molar-refractivity contribution in [1.82, 2.24) is 9.97 Å². The lowest BCUT2D eigenvalue weighted by Gasteiger charge is -2.30. The molecule has 0 aromatic carbocycles. The number of anilines is 2. The van der Waals surface area contributed by atoms with Crippen LogP contribution in [-0.2, 0) is 4.79 Å². The highest BCUT2D eigenvalue weighted by atomic mass is 32.1. The Morgan fingerprint density at radius 3 is 2.67 bits per heavy atom. The standard InChI is InChI=1S/C20H17N5O3S2/c21-10-15-17(14-2-1-9-29-14)23-20(30-15)24-18(26)13-3-4-16(22-11-13)25-7-5-12(6-8-25)19(27)28/h1-4,9,11-12H,5-8H2,(H,27,28)(H,23,24,26). The number of nitrogens with zero attached hydrogens (tertiary/aromatic N) is 4. The monoisotopic (exact) mass is 439 g/mol. The Morgan fingerprint density at radius 1 is 1.27 bits per heavy atom. The van der Waals surface area contributed by atoms with Crippen molar-refractivity contribution in [1.29, 1.82) is 5.26 Å². The second-order valence-electron chi connectivity index (χ2n) is 6.74. The quantitative estimate of drug-likeness (QED) is 0.622. The molecule has 3 aromatic heterocycles. The van der Waals surface area contributed by atoms with Crippen LogP contribution in [0.3, 0.4) is 0 Å². The van der Waals surface area contributed by atoms with E-state index < -0.39 is 5.97 Å². The van der Waals surface area contributed by atoms with Gasteiger partial charge in [-0.15, -0.1) is 11.3 Å². The smallest absolute Gasteiger partial charge is 0.306 e. The van der Waals surface area contributed by atoms with Gasteiger partial charge >= 0.3 is 5.97 Å². The molecule has 0 radical (unpaired) electrons. The number of nitrogens with one attached hydrogen (secondary N) is 1. The molecule has 0 atom stereocenters. The summed E-state index contributed by atoms with van der Waals surface area (Å²) in [7, 11) is 0. The third-order valence-electron chi connectivity index (χ3n) is 4.88. The summed E-state index contributed by atoms with van der Waals surface area (Å²) in [6, 6.07) is 9.34. The molecule has 0 unspecified atom stereocenters. The molecule has 8 nitrogen and oxygen atoms in total. The Bertz CT molecular complexity index is 1090. The normalized spacial score (nSPS) is 14.3. The summed E-state index contributed by atoms with van der Waals surface area (Å²) in [4.78, 5) is 35.8. The number of aromatic nitrogens is 2. The Kier molecular flexibility index (Phi) is 5.74. The Morgan fingerprint density at radius 2 is 2.07 bits per heavy atom. The third-order valence-corrected chi connectivity index (χ3v) is 6.63. The van der Waals surface area contributed by atoms with E-state index in [1.165, 1.54) is 17.5 Å². The van der Waals surface area contributed by atoms with Crippen molar-refractivity contribution in [2.24, 2.45) is 5.92 Å². The van der Waals surface area contributed by atoms with Gasteiger partial charge in [0.25, 0.3) is 5.91 Å². The van der Waals surface area contributed by atoms with Gasteiger partial charge in [0.1, 0.15) is 22.5 Å². The first-order chi connectivity index (χ1) is 14.5. The maximum absolute atomic E-state index is 12.6. The Labute approximate surface area is 180 Å². The fraction of sp³-hybridized carbons (Fsp3) is 0.250. The van der Waals surface area contributed by atoms with Crippen molar-refractivity contribution >= 4 is 45.5 Å². The van der Waals surface area contributed by atoms with Crippen molar-refractivity contribution in [2.75, 3.05) is 23.3 Å². The van der Waals surface area contributed by atoms with Crippen LogP contribution >= 0.6 is 22.7 Å². The molecule has 0 spiro atoms. The molecule has 4 rings (SSSR count). The number of amides is 1. The number of nitriles is 1. The lowest BCUT2D eigenvalue weighted by atomic mass is 9.97. The number of thiazole rings is 1. The number of thiophene rings is 1. The van der Waals surface area contributed by atoms with Crippen LogP contribution in [0.1, 0.15) is 28.1 Å². The van der Waals surface area contributed by atoms with Gasteiger partial charge in [-0.3, -0.25) is 14.9 Å². The molecule has 10 heteroatoms. The van der Waals surface area contributed by atoms with E-state index in [4.69, 9.17) is 5.11 Å². The van der Waals surface area contributed by atoms with Gasteiger partial charge in [-0.1, -0.05) is 17.4 Å². The van der Waals surface area contributed by atoms with E-state index in [0.717, 1.165) is 22.0 Å². The van der Waals surface area contributed by atoms with Gasteiger partial charge in [0.2, 0.25) is 0 Å². The Balaban J connectivity index is 1.42. The number of piperidine rings is 1. The summed E-state index contributed by atoms with van der Waals surface area (Å²) in [6.45, 7) is 1.24. The number of hydrogen-bond acceptors (Lipinski definition) is 8. The predicted molar refractivity (Wildman–Crippen MR) is 115 cm³/mol. The van der Waals surface area contributed by atoms with Crippen molar-refractivity contribution in [3.8, 4) is 16.6 Å². The second kappa shape index (κ2) is 8.61. The van der Waals surface area contributed by atoms with Crippen molar-refractivity contribution in [3.05, 3.63) is 46.3 Å². The molecule has 152 valence electrons. The van der Waals surface area contributed by atoms with E-state index in [2.05, 4.69) is 21.4 Å². The van der Waals surface area contributed by atoms with Crippen LogP contribution in [0, 0.1) is 17.2 Å². The lowest BCUT2D eigenvalue weighted by molar-refractivity contribution is -0.142. The topological polar surface area (TPSA) is 119 Å². The number of carboxylic acids is 1. The summed E-state index contributed by atoms with van der Waals surface area (Å²) in [5, 5.41) is 23.5. The van der Waals surface area contributed by atoms with E-state index in [9.17, 15) is 14.9 Å². The molecule has 0 bridgehead atoms. The van der Waals surface area contributed by atoms with Crippen LogP contribution in [0.2, 0.25) is 0 Å². The van der Waals surface area contributed by atoms with Crippen molar-refractivity contribution < 1.29 is 14.7 Å². The molecule has 1 aliphatic rings. The summed E-state index contributed by atoms with van der Waals surface area (Å²) in [6.07, 6.45) is 2.65. The maximum Gasteiger partial charge on any atom is 0.306 e. The third kappa shape index (κ3) is 4.17. The molecular weight excluding hydrogens is 422 g/mol. The van der Waals surface area contributed by atoms with Gasteiger partial charge in [0, 0.05) is 19.3 Å². The molecule has 1 amide bonds. The summed E-state index contributed by atoms with van der Waals surface area (Å²) < 4.78 is 0. The molecule has 1 aliphatic heterocycles. The number of aliphatic carboxylic acids is 1. The van der Waals surface area contributed by atoms with Crippen LogP contribution in [0.25, 0.3) is 10.6 Å². The van der Waals surface area contributed by atoms with Crippen LogP contribution in [-0.4, -0.2) is 40.0 Å². The van der Waals surface area contributed by atoms with Crippen LogP contribution in [0.5, 0.6) is 0 Å². The lowest BCUT2D eigenvalue weighted by Crippen LogP contribution is -2.36. The van der Waals surface area contributed by atoms with E-state index in [1.807, 2.05) is 22.4 Å². The first-order valence-electron chi connectivity index (χ1n) is 9.25. The number of pyridine rings is 1. The van der Waals surface area contributed by atoms with E-state index in [1.54, 1.807) is 12.1 Å². The molecule has 0 saturated carbocycles. The summed E-state index contributed by atoms with van der Waals surface area (Å²) in [5.41, 5.74) is 0.955. The minimum Gasteiger partial charge on any atom is -0.481 e. The van der Waals surface area contributed by atoms with Gasteiger partial charge in [0.15, 0.2) is 5.13 Å². The molecule has 0 aliphatic carbocycles. The molecule has 30 heavy (non-hydrogen) atoms. The predicted octanol–water partition coefficient (Wildman–Crippen LogP) is 3.69. The highest BCUT2D eigenvalue weighted by molar-refractivity contribution is 7.18. The van der Waals surface area contributed by atoms with E-state index >= 15 is 0 Å². The fourth-order valence-corrected chi connectivity index (χ4v) is 4.82. The van der Waals surface area contributed by atoms with Gasteiger partial charge in [-0.25, -0.2) is 9.97 Å². The SMILES string of the molecule is N#Cc1sc(NC(=O)c2ccc(N3CCC(C(=O)O)CC3)nc2)nc1-c1cccs1. The summed E-state index contributed by atoms with van der Waals surface area (Å²) >= 11 is 2.62. The highest BCUT2D eigenvalue weighted by Gasteiger charge is 2.25. The number of hydrogen-bond donors (Lipinski definition) is 2. The van der Waals surface area contributed by atoms with Gasteiger partial charge in [0.05, 0.1) is 16.4 Å². The average molecular weight is 440 g/mol. The first-order valence-corrected chi connectivity index (χ1v) is 10.9. The number of carbonyl (C=O) groups excluding carboxylic acids is 1. The highest BCUT2D eigenvalue weighted by Crippen LogP contribution is 2.33. The van der Waals surface area contributed by atoms with Crippen LogP contribution in [0.4, 0.5) is 10.9 Å². The zero-order valence-corrected chi connectivity index (χ0v) is 17.4. The van der Waals surface area contributed by atoms with Crippen molar-refractivity contribution in [3.63, 3.8) is 0 Å². The van der Waals surface area contributed by atoms with Gasteiger partial charge in [-0.2, -0.15) is 5.26 Å². The van der Waals surface area contributed by atoms with E-state index in [-0.39, 0.29) is 11.8 Å². The Hall–Kier alpha value is -3.29. The number of carbonyl (C=O) groups is 2. The minimum atomic E-state index is -0.751. The molecule has 1 saturated heterocycles. The fourth-order valence-electron chi connectivity index (χ4n) is 3.26. The van der Waals surface area contributed by atoms with Crippen LogP contribution in [0.15, 0.2) is 35.8 Å². The van der Waals surface area contributed by atoms with Gasteiger partial charge < -0.3 is 10.0 Å². The zero-order chi connectivity index (χ0) is 21.1. The molecule has 3 aromatic rings. The maximum atomic E-state index is 12.6. The largest absolute Gasteiger partial charge is 0.481 e. The average Bonchev–Trinajstić information content (AvgIpc) is 3.43. The second-order valence-corrected chi connectivity index (χ2v) is 8.69. The molecule has 4 heterocycles. The van der Waals surface area contributed by atoms with Crippen molar-refractivity contribution in [2.45, 2.75) is 12.8 Å². The number of rotatable bonds is 5. The zero-order valence-electron chi connectivity index (χ0n) is 15.7. The van der Waals surface area contributed by atoms with Crippen LogP contribution < -0.4 is 10.2 Å². The molecule has 1 fully saturated rings. The van der Waals surface area contributed by atoms with Gasteiger partial charge in [-0.05, 0) is 36.4 Å².